The van der Waals surface area contributed by atoms with E-state index in [1.54, 1.807) is 48.5 Å². The lowest BCUT2D eigenvalue weighted by molar-refractivity contribution is -0.116. The largest absolute Gasteiger partial charge is 0.326 e. The second-order valence-electron chi connectivity index (χ2n) is 5.74. The molecule has 26 heavy (non-hydrogen) atoms. The molecule has 6 nitrogen and oxygen atoms in total. The zero-order valence-electron chi connectivity index (χ0n) is 14.4. The predicted molar refractivity (Wildman–Crippen MR) is 103 cm³/mol. The normalized spacial score (nSPS) is 11.0. The van der Waals surface area contributed by atoms with Gasteiger partial charge in [-0.1, -0.05) is 11.6 Å². The Balaban J connectivity index is 2.07. The summed E-state index contributed by atoms with van der Waals surface area (Å²) in [7, 11) is -3.57. The van der Waals surface area contributed by atoms with Crippen molar-refractivity contribution in [1.82, 2.24) is 0 Å². The molecule has 0 spiro atoms. The van der Waals surface area contributed by atoms with Gasteiger partial charge in [-0.3, -0.25) is 13.9 Å². The average Bonchev–Trinajstić information content (AvgIpc) is 2.56. The van der Waals surface area contributed by atoms with E-state index in [1.165, 1.54) is 6.92 Å². The Kier molecular flexibility index (Phi) is 6.39. The molecule has 2 aromatic carbocycles. The van der Waals surface area contributed by atoms with Crippen molar-refractivity contribution in [3.63, 3.8) is 0 Å². The Morgan fingerprint density at radius 2 is 1.62 bits per heavy atom. The van der Waals surface area contributed by atoms with Crippen LogP contribution < -0.4 is 9.62 Å². The first-order valence-electron chi connectivity index (χ1n) is 7.81. The van der Waals surface area contributed by atoms with E-state index in [0.29, 0.717) is 22.0 Å². The van der Waals surface area contributed by atoms with Gasteiger partial charge in [0.25, 0.3) is 0 Å². The van der Waals surface area contributed by atoms with Crippen LogP contribution in [0.4, 0.5) is 11.4 Å². The highest BCUT2D eigenvalue weighted by Crippen LogP contribution is 2.19. The van der Waals surface area contributed by atoms with Crippen molar-refractivity contribution in [1.29, 1.82) is 0 Å². The van der Waals surface area contributed by atoms with E-state index in [9.17, 15) is 18.0 Å². The summed E-state index contributed by atoms with van der Waals surface area (Å²) >= 11 is 5.79. The first-order chi connectivity index (χ1) is 12.2. The summed E-state index contributed by atoms with van der Waals surface area (Å²) in [6, 6.07) is 12.8. The van der Waals surface area contributed by atoms with Crippen LogP contribution in [-0.4, -0.2) is 32.9 Å². The summed E-state index contributed by atoms with van der Waals surface area (Å²) in [6.07, 6.45) is 1.05. The highest BCUT2D eigenvalue weighted by atomic mass is 35.5. The summed E-state index contributed by atoms with van der Waals surface area (Å²) in [4.78, 5) is 23.4. The Hall–Kier alpha value is -2.38. The Morgan fingerprint density at radius 1 is 1.04 bits per heavy atom. The molecule has 0 aromatic heterocycles. The molecule has 1 amide bonds. The van der Waals surface area contributed by atoms with Crippen LogP contribution in [0.1, 0.15) is 23.7 Å². The van der Waals surface area contributed by atoms with Crippen molar-refractivity contribution in [2.24, 2.45) is 0 Å². The second-order valence-corrected chi connectivity index (χ2v) is 8.09. The van der Waals surface area contributed by atoms with Gasteiger partial charge in [0, 0.05) is 29.2 Å². The van der Waals surface area contributed by atoms with Crippen LogP contribution in [0.5, 0.6) is 0 Å². The van der Waals surface area contributed by atoms with Crippen molar-refractivity contribution in [2.75, 3.05) is 22.4 Å². The quantitative estimate of drug-likeness (QED) is 0.730. The summed E-state index contributed by atoms with van der Waals surface area (Å²) in [5.41, 5.74) is 1.47. The number of sulfonamides is 1. The monoisotopic (exact) mass is 394 g/mol. The molecule has 0 aliphatic heterocycles. The Bertz CT molecular complexity index is 894. The van der Waals surface area contributed by atoms with E-state index in [1.807, 2.05) is 0 Å². The molecule has 0 saturated heterocycles. The number of rotatable bonds is 7. The molecule has 0 aliphatic carbocycles. The lowest BCUT2D eigenvalue weighted by Crippen LogP contribution is -2.33. The highest BCUT2D eigenvalue weighted by molar-refractivity contribution is 7.92. The van der Waals surface area contributed by atoms with Crippen LogP contribution in [0.25, 0.3) is 0 Å². The summed E-state index contributed by atoms with van der Waals surface area (Å²) in [6.45, 7) is 1.42. The smallest absolute Gasteiger partial charge is 0.232 e. The van der Waals surface area contributed by atoms with Gasteiger partial charge in [0.15, 0.2) is 5.78 Å². The van der Waals surface area contributed by atoms with Crippen LogP contribution in [0.15, 0.2) is 48.5 Å². The topological polar surface area (TPSA) is 83.6 Å². The number of amides is 1. The van der Waals surface area contributed by atoms with Gasteiger partial charge in [-0.15, -0.1) is 0 Å². The molecule has 0 aliphatic rings. The van der Waals surface area contributed by atoms with Crippen LogP contribution in [0, 0.1) is 0 Å². The van der Waals surface area contributed by atoms with Gasteiger partial charge >= 0.3 is 0 Å². The summed E-state index contributed by atoms with van der Waals surface area (Å²) in [5, 5.41) is 3.24. The van der Waals surface area contributed by atoms with Crippen LogP contribution >= 0.6 is 11.6 Å². The van der Waals surface area contributed by atoms with Crippen molar-refractivity contribution >= 4 is 44.7 Å². The maximum absolute atomic E-state index is 12.1. The Labute approximate surface area is 157 Å². The van der Waals surface area contributed by atoms with Gasteiger partial charge in [-0.05, 0) is 55.5 Å². The van der Waals surface area contributed by atoms with E-state index < -0.39 is 10.0 Å². The third-order valence-electron chi connectivity index (χ3n) is 3.63. The van der Waals surface area contributed by atoms with E-state index in [-0.39, 0.29) is 24.7 Å². The summed E-state index contributed by atoms with van der Waals surface area (Å²) < 4.78 is 25.3. The van der Waals surface area contributed by atoms with E-state index >= 15 is 0 Å². The number of carbonyl (C=O) groups excluding carboxylic acids is 2. The second kappa shape index (κ2) is 8.33. The molecule has 8 heteroatoms. The van der Waals surface area contributed by atoms with Gasteiger partial charge < -0.3 is 5.32 Å². The fraction of sp³-hybridized carbons (Fsp3) is 0.222. The molecule has 0 radical (unpaired) electrons. The lowest BCUT2D eigenvalue weighted by Gasteiger charge is -2.22. The molecule has 0 saturated carbocycles. The van der Waals surface area contributed by atoms with Crippen molar-refractivity contribution in [3.05, 3.63) is 59.1 Å². The van der Waals surface area contributed by atoms with Crippen LogP contribution in [0.3, 0.4) is 0 Å². The minimum Gasteiger partial charge on any atom is -0.326 e. The third kappa shape index (κ3) is 5.57. The number of nitrogens with zero attached hydrogens (tertiary/aromatic N) is 1. The zero-order chi connectivity index (χ0) is 19.3. The molecular weight excluding hydrogens is 376 g/mol. The maximum Gasteiger partial charge on any atom is 0.232 e. The van der Waals surface area contributed by atoms with Crippen LogP contribution in [-0.2, 0) is 14.8 Å². The minimum atomic E-state index is -3.57. The van der Waals surface area contributed by atoms with Gasteiger partial charge in [0.1, 0.15) is 0 Å². The molecule has 1 N–H and O–H groups in total. The highest BCUT2D eigenvalue weighted by Gasteiger charge is 2.19. The van der Waals surface area contributed by atoms with E-state index in [4.69, 9.17) is 11.6 Å². The number of carbonyl (C=O) groups is 2. The zero-order valence-corrected chi connectivity index (χ0v) is 16.0. The lowest BCUT2D eigenvalue weighted by atomic mass is 10.1. The fourth-order valence-electron chi connectivity index (χ4n) is 2.31. The molecule has 2 rings (SSSR count). The van der Waals surface area contributed by atoms with Crippen LogP contribution in [0.2, 0.25) is 5.02 Å². The van der Waals surface area contributed by atoms with Crippen molar-refractivity contribution in [2.45, 2.75) is 13.3 Å². The number of benzene rings is 2. The molecule has 0 heterocycles. The number of hydrogen-bond acceptors (Lipinski definition) is 4. The molecule has 0 fully saturated rings. The first kappa shape index (κ1) is 19.9. The molecule has 0 bridgehead atoms. The molecule has 0 atom stereocenters. The van der Waals surface area contributed by atoms with Gasteiger partial charge in [-0.2, -0.15) is 0 Å². The number of ketones is 1. The minimum absolute atomic E-state index is 0.0162. The first-order valence-corrected chi connectivity index (χ1v) is 10.0. The number of halogens is 1. The SMILES string of the molecule is CC(=O)c1ccc(N(CCC(=O)Nc2ccc(Cl)cc2)S(C)(=O)=O)cc1. The summed E-state index contributed by atoms with van der Waals surface area (Å²) in [5.74, 6) is -0.425. The molecule has 138 valence electrons. The number of nitrogens with one attached hydrogen (secondary N) is 1. The van der Waals surface area contributed by atoms with Gasteiger partial charge in [0.05, 0.1) is 11.9 Å². The predicted octanol–water partition coefficient (Wildman–Crippen LogP) is 3.34. The number of hydrogen-bond donors (Lipinski definition) is 1. The molecule has 2 aromatic rings. The maximum atomic E-state index is 12.1. The van der Waals surface area contributed by atoms with E-state index in [0.717, 1.165) is 10.6 Å². The van der Waals surface area contributed by atoms with Crippen molar-refractivity contribution in [3.8, 4) is 0 Å². The Morgan fingerprint density at radius 3 is 2.12 bits per heavy atom. The number of Topliss-reactive ketones (excluding diaryl/α,β-unsaturated/α-hetero) is 1. The van der Waals surface area contributed by atoms with Gasteiger partial charge in [0.2, 0.25) is 15.9 Å². The number of anilines is 2. The standard InChI is InChI=1S/C18H19ClN2O4S/c1-13(22)14-3-9-17(10-4-14)21(26(2,24)25)12-11-18(23)20-16-7-5-15(19)6-8-16/h3-10H,11-12H2,1-2H3,(H,20,23). The van der Waals surface area contributed by atoms with E-state index in [2.05, 4.69) is 5.32 Å². The van der Waals surface area contributed by atoms with Gasteiger partial charge in [-0.25, -0.2) is 8.42 Å². The molecule has 0 unspecified atom stereocenters. The average molecular weight is 395 g/mol. The fourth-order valence-corrected chi connectivity index (χ4v) is 3.36. The molecular formula is C18H19ClN2O4S. The third-order valence-corrected chi connectivity index (χ3v) is 5.08. The van der Waals surface area contributed by atoms with Crippen molar-refractivity contribution < 1.29 is 18.0 Å².